The molecule has 0 unspecified atom stereocenters. The van der Waals surface area contributed by atoms with E-state index in [1.807, 2.05) is 0 Å². The van der Waals surface area contributed by atoms with Crippen LogP contribution in [0.15, 0.2) is 24.3 Å². The first-order valence-electron chi connectivity index (χ1n) is 7.46. The van der Waals surface area contributed by atoms with Crippen LogP contribution in [0.4, 0.5) is 18.0 Å². The number of hydrogen-bond donors (Lipinski definition) is 2. The van der Waals surface area contributed by atoms with Gasteiger partial charge in [0.25, 0.3) is 5.91 Å². The fraction of sp³-hybridized carbons (Fsp3) is 0.500. The second-order valence-electron chi connectivity index (χ2n) is 6.34. The molecular weight excluding hydrogens is 325 g/mol. The molecule has 132 valence electrons. The summed E-state index contributed by atoms with van der Waals surface area (Å²) < 4.78 is 37.6. The maximum atomic E-state index is 12.5. The van der Waals surface area contributed by atoms with Crippen LogP contribution in [0.3, 0.4) is 0 Å². The average Bonchev–Trinajstić information content (AvgIpc) is 2.71. The predicted octanol–water partition coefficient (Wildman–Crippen LogP) is 2.71. The second kappa shape index (κ2) is 6.08. The number of amides is 3. The number of imide groups is 1. The van der Waals surface area contributed by atoms with Gasteiger partial charge in [0, 0.05) is 0 Å². The van der Waals surface area contributed by atoms with Gasteiger partial charge in [-0.05, 0) is 30.5 Å². The molecule has 1 aliphatic rings. The first kappa shape index (κ1) is 18.3. The third kappa shape index (κ3) is 3.24. The molecule has 0 aromatic heterocycles. The van der Waals surface area contributed by atoms with Gasteiger partial charge in [-0.3, -0.25) is 9.69 Å². The molecule has 8 heteroatoms. The first-order valence-corrected chi connectivity index (χ1v) is 7.46. The van der Waals surface area contributed by atoms with Gasteiger partial charge in [0.05, 0.1) is 18.2 Å². The maximum Gasteiger partial charge on any atom is 0.416 e. The molecule has 0 radical (unpaired) electrons. The van der Waals surface area contributed by atoms with Crippen LogP contribution in [0.2, 0.25) is 0 Å². The molecule has 2 rings (SSSR count). The SMILES string of the molecule is CC(C)[C@]1(C)NC(=O)N(C[C@H](O)c2ccc(C(F)(F)F)cc2)C1=O. The highest BCUT2D eigenvalue weighted by Crippen LogP contribution is 2.31. The molecule has 0 spiro atoms. The van der Waals surface area contributed by atoms with E-state index in [2.05, 4.69) is 5.32 Å². The molecule has 1 aromatic rings. The van der Waals surface area contributed by atoms with Crippen LogP contribution in [0.25, 0.3) is 0 Å². The molecule has 24 heavy (non-hydrogen) atoms. The second-order valence-corrected chi connectivity index (χ2v) is 6.34. The summed E-state index contributed by atoms with van der Waals surface area (Å²) in [6.45, 7) is 4.85. The van der Waals surface area contributed by atoms with Crippen LogP contribution < -0.4 is 5.32 Å². The number of rotatable bonds is 4. The topological polar surface area (TPSA) is 69.6 Å². The number of halogens is 3. The Kier molecular flexibility index (Phi) is 4.63. The molecule has 1 saturated heterocycles. The average molecular weight is 344 g/mol. The van der Waals surface area contributed by atoms with Crippen molar-refractivity contribution in [3.8, 4) is 0 Å². The van der Waals surface area contributed by atoms with Crippen molar-refractivity contribution in [2.75, 3.05) is 6.54 Å². The minimum Gasteiger partial charge on any atom is -0.387 e. The normalized spacial score (nSPS) is 22.9. The molecule has 0 saturated carbocycles. The third-order valence-corrected chi connectivity index (χ3v) is 4.43. The van der Waals surface area contributed by atoms with E-state index in [4.69, 9.17) is 0 Å². The van der Waals surface area contributed by atoms with E-state index >= 15 is 0 Å². The van der Waals surface area contributed by atoms with Crippen molar-refractivity contribution in [1.82, 2.24) is 10.2 Å². The fourth-order valence-electron chi connectivity index (χ4n) is 2.45. The summed E-state index contributed by atoms with van der Waals surface area (Å²) in [5.74, 6) is -0.615. The summed E-state index contributed by atoms with van der Waals surface area (Å²) in [7, 11) is 0. The highest BCUT2D eigenvalue weighted by atomic mass is 19.4. The van der Waals surface area contributed by atoms with Gasteiger partial charge in [-0.15, -0.1) is 0 Å². The van der Waals surface area contributed by atoms with E-state index < -0.39 is 35.3 Å². The van der Waals surface area contributed by atoms with Crippen LogP contribution in [-0.4, -0.2) is 34.0 Å². The summed E-state index contributed by atoms with van der Waals surface area (Å²) in [5.41, 5.74) is -1.70. The van der Waals surface area contributed by atoms with Crippen LogP contribution >= 0.6 is 0 Å². The van der Waals surface area contributed by atoms with Crippen LogP contribution in [0.1, 0.15) is 38.0 Å². The van der Waals surface area contributed by atoms with Crippen molar-refractivity contribution < 1.29 is 27.9 Å². The van der Waals surface area contributed by atoms with Crippen molar-refractivity contribution in [1.29, 1.82) is 0 Å². The maximum absolute atomic E-state index is 12.5. The number of aliphatic hydroxyl groups is 1. The van der Waals surface area contributed by atoms with Crippen molar-refractivity contribution in [2.24, 2.45) is 5.92 Å². The minimum atomic E-state index is -4.46. The standard InChI is InChI=1S/C16H19F3N2O3/c1-9(2)15(3)13(23)21(14(24)20-15)8-12(22)10-4-6-11(7-5-10)16(17,18)19/h4-7,9,12,22H,8H2,1-3H3,(H,20,24)/t12-,15-/m0/s1. The molecule has 3 amide bonds. The number of carbonyl (C=O) groups excluding carboxylic acids is 2. The lowest BCUT2D eigenvalue weighted by molar-refractivity contribution is -0.137. The number of urea groups is 1. The van der Waals surface area contributed by atoms with E-state index in [1.54, 1.807) is 20.8 Å². The Morgan fingerprint density at radius 1 is 1.21 bits per heavy atom. The smallest absolute Gasteiger partial charge is 0.387 e. The Morgan fingerprint density at radius 2 is 1.75 bits per heavy atom. The Labute approximate surface area is 137 Å². The van der Waals surface area contributed by atoms with Crippen molar-refractivity contribution in [3.05, 3.63) is 35.4 Å². The number of nitrogens with one attached hydrogen (secondary N) is 1. The Hall–Kier alpha value is -2.09. The van der Waals surface area contributed by atoms with E-state index in [-0.39, 0.29) is 18.0 Å². The zero-order chi connectivity index (χ0) is 18.3. The summed E-state index contributed by atoms with van der Waals surface area (Å²) in [5, 5.41) is 12.8. The number of hydrogen-bond acceptors (Lipinski definition) is 3. The van der Waals surface area contributed by atoms with Crippen molar-refractivity contribution in [2.45, 2.75) is 38.6 Å². The van der Waals surface area contributed by atoms with Gasteiger partial charge in [-0.25, -0.2) is 4.79 Å². The molecule has 1 heterocycles. The monoisotopic (exact) mass is 344 g/mol. The van der Waals surface area contributed by atoms with Crippen LogP contribution in [-0.2, 0) is 11.0 Å². The van der Waals surface area contributed by atoms with Gasteiger partial charge < -0.3 is 10.4 Å². The molecule has 1 aliphatic heterocycles. The van der Waals surface area contributed by atoms with Gasteiger partial charge in [-0.2, -0.15) is 13.2 Å². The zero-order valence-electron chi connectivity index (χ0n) is 13.5. The Bertz CT molecular complexity index is 643. The molecule has 5 nitrogen and oxygen atoms in total. The fourth-order valence-corrected chi connectivity index (χ4v) is 2.45. The largest absolute Gasteiger partial charge is 0.416 e. The molecule has 2 atom stereocenters. The van der Waals surface area contributed by atoms with E-state index in [0.29, 0.717) is 0 Å². The lowest BCUT2D eigenvalue weighted by atomic mass is 9.88. The zero-order valence-corrected chi connectivity index (χ0v) is 13.5. The van der Waals surface area contributed by atoms with Crippen molar-refractivity contribution in [3.63, 3.8) is 0 Å². The lowest BCUT2D eigenvalue weighted by Gasteiger charge is -2.26. The summed E-state index contributed by atoms with van der Waals surface area (Å²) in [6.07, 6.45) is -5.73. The van der Waals surface area contributed by atoms with E-state index in [1.165, 1.54) is 0 Å². The van der Waals surface area contributed by atoms with Gasteiger partial charge in [0.1, 0.15) is 5.54 Å². The molecule has 0 bridgehead atoms. The van der Waals surface area contributed by atoms with Crippen LogP contribution in [0.5, 0.6) is 0 Å². The minimum absolute atomic E-state index is 0.151. The number of β-amino-alcohol motifs (C(OH)–C–C–N with tert-alkyl or cyclic N) is 1. The molecule has 2 N–H and O–H groups in total. The first-order chi connectivity index (χ1) is 11.0. The van der Waals surface area contributed by atoms with E-state index in [0.717, 1.165) is 29.2 Å². The summed E-state index contributed by atoms with van der Waals surface area (Å²) >= 11 is 0. The Morgan fingerprint density at radius 3 is 2.17 bits per heavy atom. The van der Waals surface area contributed by atoms with Gasteiger partial charge in [0.15, 0.2) is 0 Å². The highest BCUT2D eigenvalue weighted by molar-refractivity contribution is 6.07. The molecular formula is C16H19F3N2O3. The van der Waals surface area contributed by atoms with Gasteiger partial charge >= 0.3 is 12.2 Å². The summed E-state index contributed by atoms with van der Waals surface area (Å²) in [6, 6.07) is 3.34. The van der Waals surface area contributed by atoms with Gasteiger partial charge in [0.2, 0.25) is 0 Å². The number of nitrogens with zero attached hydrogens (tertiary/aromatic N) is 1. The quantitative estimate of drug-likeness (QED) is 0.825. The highest BCUT2D eigenvalue weighted by Gasteiger charge is 2.50. The Balaban J connectivity index is 2.14. The molecule has 1 aromatic carbocycles. The van der Waals surface area contributed by atoms with E-state index in [9.17, 15) is 27.9 Å². The van der Waals surface area contributed by atoms with Gasteiger partial charge in [-0.1, -0.05) is 26.0 Å². The number of aliphatic hydroxyl groups excluding tert-OH is 1. The van der Waals surface area contributed by atoms with Crippen LogP contribution in [0, 0.1) is 5.92 Å². The number of carbonyl (C=O) groups is 2. The lowest BCUT2D eigenvalue weighted by Crippen LogP contribution is -2.48. The predicted molar refractivity (Wildman–Crippen MR) is 79.9 cm³/mol. The summed E-state index contributed by atoms with van der Waals surface area (Å²) in [4.78, 5) is 25.3. The molecule has 0 aliphatic carbocycles. The number of alkyl halides is 3. The van der Waals surface area contributed by atoms with Crippen molar-refractivity contribution >= 4 is 11.9 Å². The number of benzene rings is 1. The molecule has 1 fully saturated rings. The third-order valence-electron chi connectivity index (χ3n) is 4.43.